The predicted octanol–water partition coefficient (Wildman–Crippen LogP) is 6.42. The summed E-state index contributed by atoms with van der Waals surface area (Å²) in [5.41, 5.74) is 5.71. The highest BCUT2D eigenvalue weighted by Gasteiger charge is 2.19. The van der Waals surface area contributed by atoms with E-state index in [9.17, 15) is 0 Å². The van der Waals surface area contributed by atoms with Crippen molar-refractivity contribution in [1.29, 1.82) is 0 Å². The zero-order chi connectivity index (χ0) is 23.0. The quantitative estimate of drug-likeness (QED) is 0.433. The Hall–Kier alpha value is -2.92. The number of thioether (sulfide) groups is 1. The van der Waals surface area contributed by atoms with Crippen LogP contribution in [-0.2, 0) is 12.8 Å². The van der Waals surface area contributed by atoms with Crippen molar-refractivity contribution in [3.63, 3.8) is 0 Å². The summed E-state index contributed by atoms with van der Waals surface area (Å²) >= 11 is 1.75. The molecule has 0 saturated carbocycles. The Kier molecular flexibility index (Phi) is 7.95. The lowest BCUT2D eigenvalue weighted by Crippen LogP contribution is -2.22. The van der Waals surface area contributed by atoms with Gasteiger partial charge in [-0.3, -0.25) is 0 Å². The Morgan fingerprint density at radius 1 is 1.09 bits per heavy atom. The first-order chi connectivity index (χ1) is 16.2. The second-order valence-corrected chi connectivity index (χ2v) is 9.47. The number of benzene rings is 2. The number of hydrogen-bond donors (Lipinski definition) is 0. The molecule has 0 aromatic heterocycles. The lowest BCUT2D eigenvalue weighted by atomic mass is 10.1. The van der Waals surface area contributed by atoms with Gasteiger partial charge >= 0.3 is 0 Å². The zero-order valence-electron chi connectivity index (χ0n) is 19.5. The molecular weight excluding hydrogens is 426 g/mol. The highest BCUT2D eigenvalue weighted by molar-refractivity contribution is 8.14. The maximum Gasteiger partial charge on any atom is 0.124 e. The molecule has 0 unspecified atom stereocenters. The van der Waals surface area contributed by atoms with E-state index >= 15 is 0 Å². The molecule has 4 rings (SSSR count). The van der Waals surface area contributed by atoms with Crippen molar-refractivity contribution in [2.45, 2.75) is 32.1 Å². The maximum absolute atomic E-state index is 5.75. The summed E-state index contributed by atoms with van der Waals surface area (Å²) in [6.45, 7) is 10.9. The summed E-state index contributed by atoms with van der Waals surface area (Å²) in [7, 11) is 1.74. The van der Waals surface area contributed by atoms with E-state index < -0.39 is 0 Å². The first kappa shape index (κ1) is 23.2. The Labute approximate surface area is 202 Å². The number of rotatable bonds is 9. The minimum absolute atomic E-state index is 0.896. The van der Waals surface area contributed by atoms with Crippen molar-refractivity contribution in [1.82, 2.24) is 4.90 Å². The van der Waals surface area contributed by atoms with Crippen LogP contribution in [0.5, 0.6) is 5.75 Å². The number of ether oxygens (including phenoxy) is 1. The van der Waals surface area contributed by atoms with Gasteiger partial charge in [-0.1, -0.05) is 49.6 Å². The first-order valence-electron chi connectivity index (χ1n) is 11.6. The molecule has 4 nitrogen and oxygen atoms in total. The zero-order valence-corrected chi connectivity index (χ0v) is 20.3. The number of aryl methyl sites for hydroxylation is 2. The van der Waals surface area contributed by atoms with E-state index in [4.69, 9.17) is 4.74 Å². The van der Waals surface area contributed by atoms with Crippen LogP contribution in [0.1, 0.15) is 30.4 Å². The molecular formula is C28H33N3OS. The topological polar surface area (TPSA) is 28.1 Å². The SMILES string of the molecule is C=C(CCc1ccc(N2C=CN=C(SCCc3ccccc3)C2=C)cc1OC)N1CCCC1. The number of allylic oxidation sites excluding steroid dienone is 1. The van der Waals surface area contributed by atoms with Crippen LogP contribution >= 0.6 is 11.8 Å². The average molecular weight is 460 g/mol. The smallest absolute Gasteiger partial charge is 0.124 e. The lowest BCUT2D eigenvalue weighted by molar-refractivity contribution is 0.400. The van der Waals surface area contributed by atoms with Crippen LogP contribution in [-0.4, -0.2) is 35.9 Å². The van der Waals surface area contributed by atoms with Gasteiger partial charge in [0.25, 0.3) is 0 Å². The monoisotopic (exact) mass is 459 g/mol. The molecule has 1 saturated heterocycles. The predicted molar refractivity (Wildman–Crippen MR) is 142 cm³/mol. The largest absolute Gasteiger partial charge is 0.496 e. The van der Waals surface area contributed by atoms with Crippen molar-refractivity contribution in [3.8, 4) is 5.75 Å². The van der Waals surface area contributed by atoms with Crippen LogP contribution in [0.15, 0.2) is 90.5 Å². The van der Waals surface area contributed by atoms with Crippen LogP contribution in [0.4, 0.5) is 5.69 Å². The molecule has 1 fully saturated rings. The molecule has 2 aromatic rings. The van der Waals surface area contributed by atoms with Gasteiger partial charge < -0.3 is 14.5 Å². The van der Waals surface area contributed by atoms with Crippen LogP contribution in [0.25, 0.3) is 0 Å². The summed E-state index contributed by atoms with van der Waals surface area (Å²) in [6, 6.07) is 17.0. The van der Waals surface area contributed by atoms with E-state index in [1.165, 1.54) is 29.7 Å². The van der Waals surface area contributed by atoms with E-state index in [-0.39, 0.29) is 0 Å². The van der Waals surface area contributed by atoms with Gasteiger partial charge in [0.05, 0.1) is 12.8 Å². The number of aliphatic imine (C=N–C) groups is 1. The van der Waals surface area contributed by atoms with Gasteiger partial charge in [0, 0.05) is 48.7 Å². The fraction of sp³-hybridized carbons (Fsp3) is 0.321. The van der Waals surface area contributed by atoms with E-state index in [0.717, 1.165) is 60.3 Å². The molecule has 172 valence electrons. The molecule has 2 aliphatic heterocycles. The highest BCUT2D eigenvalue weighted by atomic mass is 32.2. The molecule has 0 radical (unpaired) electrons. The third-order valence-electron chi connectivity index (χ3n) is 6.20. The van der Waals surface area contributed by atoms with Crippen molar-refractivity contribution in [2.75, 3.05) is 30.9 Å². The van der Waals surface area contributed by atoms with Crippen molar-refractivity contribution < 1.29 is 4.74 Å². The van der Waals surface area contributed by atoms with Gasteiger partial charge in [0.2, 0.25) is 0 Å². The molecule has 5 heteroatoms. The fourth-order valence-electron chi connectivity index (χ4n) is 4.27. The third-order valence-corrected chi connectivity index (χ3v) is 7.23. The molecule has 33 heavy (non-hydrogen) atoms. The van der Waals surface area contributed by atoms with Crippen molar-refractivity contribution in [2.24, 2.45) is 4.99 Å². The maximum atomic E-state index is 5.75. The Bertz CT molecular complexity index is 1040. The first-order valence-corrected chi connectivity index (χ1v) is 12.6. The third kappa shape index (κ3) is 5.91. The molecule has 0 N–H and O–H groups in total. The van der Waals surface area contributed by atoms with E-state index in [2.05, 4.69) is 76.5 Å². The van der Waals surface area contributed by atoms with Gasteiger partial charge in [0.15, 0.2) is 0 Å². The summed E-state index contributed by atoms with van der Waals surface area (Å²) < 4.78 is 5.75. The highest BCUT2D eigenvalue weighted by Crippen LogP contribution is 2.32. The summed E-state index contributed by atoms with van der Waals surface area (Å²) in [6.07, 6.45) is 9.26. The summed E-state index contributed by atoms with van der Waals surface area (Å²) in [5, 5.41) is 0.957. The number of methoxy groups -OCH3 is 1. The number of hydrogen-bond acceptors (Lipinski definition) is 5. The molecule has 2 aromatic carbocycles. The molecule has 0 bridgehead atoms. The Balaban J connectivity index is 1.37. The number of likely N-dealkylation sites (tertiary alicyclic amines) is 1. The van der Waals surface area contributed by atoms with E-state index in [1.54, 1.807) is 18.9 Å². The van der Waals surface area contributed by atoms with Gasteiger partial charge in [-0.05, 0) is 49.3 Å². The molecule has 0 aliphatic carbocycles. The average Bonchev–Trinajstić information content (AvgIpc) is 3.39. The van der Waals surface area contributed by atoms with Gasteiger partial charge in [-0.25, -0.2) is 4.99 Å². The second-order valence-electron chi connectivity index (χ2n) is 8.39. The molecule has 0 atom stereocenters. The molecule has 2 heterocycles. The minimum atomic E-state index is 0.896. The number of anilines is 1. The van der Waals surface area contributed by atoms with Crippen molar-refractivity contribution in [3.05, 3.63) is 96.6 Å². The standard InChI is InChI=1S/C28H33N3OS/c1-22(30-17-7-8-18-30)11-12-25-13-14-26(21-27(25)32-3)31-19-16-29-28(23(31)2)33-20-15-24-9-5-4-6-10-24/h4-6,9-10,13-14,16,19,21H,1-2,7-8,11-12,15,17-18,20H2,3H3. The van der Waals surface area contributed by atoms with Crippen LogP contribution in [0, 0.1) is 0 Å². The Morgan fingerprint density at radius 3 is 2.64 bits per heavy atom. The normalized spacial score (nSPS) is 15.7. The minimum Gasteiger partial charge on any atom is -0.496 e. The van der Waals surface area contributed by atoms with Crippen molar-refractivity contribution >= 4 is 22.5 Å². The molecule has 0 amide bonds. The summed E-state index contributed by atoms with van der Waals surface area (Å²) in [4.78, 5) is 9.08. The number of nitrogens with zero attached hydrogens (tertiary/aromatic N) is 3. The van der Waals surface area contributed by atoms with Crippen LogP contribution in [0.3, 0.4) is 0 Å². The second kappa shape index (κ2) is 11.3. The van der Waals surface area contributed by atoms with Gasteiger partial charge in [-0.2, -0.15) is 0 Å². The molecule has 2 aliphatic rings. The fourth-order valence-corrected chi connectivity index (χ4v) is 5.20. The molecule has 0 spiro atoms. The van der Waals surface area contributed by atoms with Gasteiger partial charge in [-0.15, -0.1) is 11.8 Å². The van der Waals surface area contributed by atoms with Crippen LogP contribution in [0.2, 0.25) is 0 Å². The van der Waals surface area contributed by atoms with Crippen LogP contribution < -0.4 is 9.64 Å². The lowest BCUT2D eigenvalue weighted by Gasteiger charge is -2.27. The van der Waals surface area contributed by atoms with Gasteiger partial charge in [0.1, 0.15) is 10.8 Å². The summed E-state index contributed by atoms with van der Waals surface area (Å²) in [5.74, 6) is 1.87. The van der Waals surface area contributed by atoms with E-state index in [1.807, 2.05) is 12.4 Å². The Morgan fingerprint density at radius 2 is 1.88 bits per heavy atom. The van der Waals surface area contributed by atoms with E-state index in [0.29, 0.717) is 0 Å².